The Morgan fingerprint density at radius 3 is 2.48 bits per heavy atom. The Bertz CT molecular complexity index is 568. The molecular formula is C13H16Cl2F3N3O2. The van der Waals surface area contributed by atoms with Gasteiger partial charge in [0.1, 0.15) is 0 Å². The fraction of sp³-hybridized carbons (Fsp3) is 0.385. The topological polar surface area (TPSA) is 75.4 Å². The Balaban J connectivity index is 0.00000484. The summed E-state index contributed by atoms with van der Waals surface area (Å²) < 4.78 is 38.1. The molecular weight excluding hydrogens is 358 g/mol. The number of hydrogen-bond donors (Lipinski definition) is 2. The van der Waals surface area contributed by atoms with Crippen molar-refractivity contribution >= 4 is 41.5 Å². The van der Waals surface area contributed by atoms with Gasteiger partial charge in [-0.15, -0.1) is 12.4 Å². The molecule has 0 aliphatic rings. The molecule has 23 heavy (non-hydrogen) atoms. The molecule has 0 atom stereocenters. The van der Waals surface area contributed by atoms with Crippen LogP contribution in [0.3, 0.4) is 0 Å². The number of alkyl halides is 3. The van der Waals surface area contributed by atoms with E-state index in [1.807, 2.05) is 0 Å². The molecule has 0 aliphatic carbocycles. The summed E-state index contributed by atoms with van der Waals surface area (Å²) in [5.41, 5.74) is 4.13. The molecule has 0 fully saturated rings. The molecule has 0 saturated carbocycles. The van der Waals surface area contributed by atoms with Gasteiger partial charge in [-0.2, -0.15) is 13.2 Å². The number of nitrogens with one attached hydrogen (secondary N) is 1. The van der Waals surface area contributed by atoms with Crippen LogP contribution in [-0.4, -0.2) is 36.9 Å². The highest BCUT2D eigenvalue weighted by Crippen LogP contribution is 2.36. The first-order chi connectivity index (χ1) is 10.1. The molecule has 5 nitrogen and oxygen atoms in total. The standard InChI is InChI=1S/C13H15ClF3N3O2.ClH/c1-20(12(22)4-5-18)7-11(21)19-8-2-3-10(14)9(6-8)13(15,16)17;/h2-3,6H,4-5,7,18H2,1H3,(H,19,21);1H. The second-order valence-corrected chi connectivity index (χ2v) is 4.94. The lowest BCUT2D eigenvalue weighted by molar-refractivity contribution is -0.137. The first-order valence-electron chi connectivity index (χ1n) is 6.25. The minimum absolute atomic E-state index is 0. The van der Waals surface area contributed by atoms with Crippen molar-refractivity contribution in [1.82, 2.24) is 4.90 Å². The molecule has 130 valence electrons. The molecule has 10 heteroatoms. The molecule has 0 saturated heterocycles. The van der Waals surface area contributed by atoms with Crippen LogP contribution in [0.15, 0.2) is 18.2 Å². The molecule has 1 aromatic carbocycles. The van der Waals surface area contributed by atoms with Crippen LogP contribution in [0.4, 0.5) is 18.9 Å². The summed E-state index contributed by atoms with van der Waals surface area (Å²) in [5, 5.41) is 1.83. The summed E-state index contributed by atoms with van der Waals surface area (Å²) in [4.78, 5) is 24.3. The Labute approximate surface area is 142 Å². The fourth-order valence-electron chi connectivity index (χ4n) is 1.64. The predicted molar refractivity (Wildman–Crippen MR) is 83.6 cm³/mol. The second-order valence-electron chi connectivity index (χ2n) is 4.53. The minimum Gasteiger partial charge on any atom is -0.336 e. The van der Waals surface area contributed by atoms with Crippen molar-refractivity contribution < 1.29 is 22.8 Å². The van der Waals surface area contributed by atoms with Crippen LogP contribution >= 0.6 is 24.0 Å². The molecule has 0 heterocycles. The third-order valence-electron chi connectivity index (χ3n) is 2.72. The summed E-state index contributed by atoms with van der Waals surface area (Å²) in [7, 11) is 1.40. The van der Waals surface area contributed by atoms with Gasteiger partial charge in [-0.25, -0.2) is 0 Å². The first-order valence-corrected chi connectivity index (χ1v) is 6.63. The van der Waals surface area contributed by atoms with E-state index in [0.717, 1.165) is 17.0 Å². The van der Waals surface area contributed by atoms with Crippen LogP contribution in [0, 0.1) is 0 Å². The molecule has 2 amide bonds. The molecule has 0 bridgehead atoms. The molecule has 1 rings (SSSR count). The van der Waals surface area contributed by atoms with Gasteiger partial charge in [0.25, 0.3) is 0 Å². The lowest BCUT2D eigenvalue weighted by Gasteiger charge is -2.17. The molecule has 0 radical (unpaired) electrons. The van der Waals surface area contributed by atoms with E-state index in [2.05, 4.69) is 5.32 Å². The summed E-state index contributed by atoms with van der Waals surface area (Å²) in [6.45, 7) is -0.139. The number of benzene rings is 1. The van der Waals surface area contributed by atoms with Crippen LogP contribution < -0.4 is 11.1 Å². The highest BCUT2D eigenvalue weighted by molar-refractivity contribution is 6.31. The van der Waals surface area contributed by atoms with Gasteiger partial charge >= 0.3 is 6.18 Å². The maximum absolute atomic E-state index is 12.7. The summed E-state index contributed by atoms with van der Waals surface area (Å²) in [6.07, 6.45) is -4.53. The van der Waals surface area contributed by atoms with Crippen molar-refractivity contribution in [3.8, 4) is 0 Å². The van der Waals surface area contributed by atoms with E-state index in [9.17, 15) is 22.8 Å². The maximum atomic E-state index is 12.7. The predicted octanol–water partition coefficient (Wildman–Crippen LogP) is 2.53. The Morgan fingerprint density at radius 2 is 1.96 bits per heavy atom. The van der Waals surface area contributed by atoms with Gasteiger partial charge in [-0.1, -0.05) is 11.6 Å². The van der Waals surface area contributed by atoms with Crippen LogP contribution in [0.25, 0.3) is 0 Å². The molecule has 3 N–H and O–H groups in total. The van der Waals surface area contributed by atoms with Crippen LogP contribution in [0.5, 0.6) is 0 Å². The number of carbonyl (C=O) groups excluding carboxylic acids is 2. The third kappa shape index (κ3) is 6.64. The number of halogens is 5. The van der Waals surface area contributed by atoms with E-state index in [4.69, 9.17) is 17.3 Å². The smallest absolute Gasteiger partial charge is 0.336 e. The Kier molecular flexibility index (Phi) is 8.36. The monoisotopic (exact) mass is 373 g/mol. The molecule has 0 unspecified atom stereocenters. The van der Waals surface area contributed by atoms with Crippen LogP contribution in [-0.2, 0) is 15.8 Å². The Morgan fingerprint density at radius 1 is 1.35 bits per heavy atom. The summed E-state index contributed by atoms with van der Waals surface area (Å²) in [5.74, 6) is -0.951. The zero-order valence-electron chi connectivity index (χ0n) is 12.1. The van der Waals surface area contributed by atoms with Crippen molar-refractivity contribution in [2.75, 3.05) is 25.5 Å². The van der Waals surface area contributed by atoms with Crippen molar-refractivity contribution in [2.45, 2.75) is 12.6 Å². The Hall–Kier alpha value is -1.51. The van der Waals surface area contributed by atoms with Gasteiger partial charge in [0.2, 0.25) is 11.8 Å². The van der Waals surface area contributed by atoms with E-state index in [1.165, 1.54) is 13.1 Å². The number of nitrogens with zero attached hydrogens (tertiary/aromatic N) is 1. The molecule has 0 spiro atoms. The normalized spacial score (nSPS) is 10.7. The highest BCUT2D eigenvalue weighted by Gasteiger charge is 2.33. The van der Waals surface area contributed by atoms with Gasteiger partial charge in [-0.3, -0.25) is 9.59 Å². The quantitative estimate of drug-likeness (QED) is 0.832. The van der Waals surface area contributed by atoms with Gasteiger partial charge in [-0.05, 0) is 18.2 Å². The third-order valence-corrected chi connectivity index (χ3v) is 3.05. The number of anilines is 1. The number of nitrogens with two attached hydrogens (primary N) is 1. The fourth-order valence-corrected chi connectivity index (χ4v) is 1.86. The lowest BCUT2D eigenvalue weighted by atomic mass is 10.2. The lowest BCUT2D eigenvalue weighted by Crippen LogP contribution is -2.35. The van der Waals surface area contributed by atoms with Gasteiger partial charge in [0.15, 0.2) is 0 Å². The first kappa shape index (κ1) is 21.5. The SMILES string of the molecule is CN(CC(=O)Nc1ccc(Cl)c(C(F)(F)F)c1)C(=O)CCN.Cl. The van der Waals surface area contributed by atoms with Gasteiger partial charge < -0.3 is 16.0 Å². The zero-order valence-corrected chi connectivity index (χ0v) is 13.7. The maximum Gasteiger partial charge on any atom is 0.417 e. The van der Waals surface area contributed by atoms with E-state index in [1.54, 1.807) is 0 Å². The van der Waals surface area contributed by atoms with Crippen molar-refractivity contribution in [3.63, 3.8) is 0 Å². The van der Waals surface area contributed by atoms with E-state index in [0.29, 0.717) is 0 Å². The van der Waals surface area contributed by atoms with E-state index < -0.39 is 22.7 Å². The van der Waals surface area contributed by atoms with Crippen molar-refractivity contribution in [2.24, 2.45) is 5.73 Å². The van der Waals surface area contributed by atoms with Crippen molar-refractivity contribution in [1.29, 1.82) is 0 Å². The number of rotatable bonds is 5. The minimum atomic E-state index is -4.62. The van der Waals surface area contributed by atoms with E-state index in [-0.39, 0.29) is 43.5 Å². The summed E-state index contributed by atoms with van der Waals surface area (Å²) in [6, 6.07) is 3.03. The molecule has 0 aromatic heterocycles. The largest absolute Gasteiger partial charge is 0.417 e. The van der Waals surface area contributed by atoms with Crippen LogP contribution in [0.2, 0.25) is 5.02 Å². The van der Waals surface area contributed by atoms with Crippen molar-refractivity contribution in [3.05, 3.63) is 28.8 Å². The summed E-state index contributed by atoms with van der Waals surface area (Å²) >= 11 is 5.48. The number of carbonyl (C=O) groups is 2. The average Bonchev–Trinajstić information content (AvgIpc) is 2.39. The second kappa shape index (κ2) is 8.95. The van der Waals surface area contributed by atoms with E-state index >= 15 is 0 Å². The number of hydrogen-bond acceptors (Lipinski definition) is 3. The molecule has 1 aromatic rings. The zero-order chi connectivity index (χ0) is 16.9. The number of likely N-dealkylation sites (N-methyl/N-ethyl adjacent to an activating group) is 1. The molecule has 0 aliphatic heterocycles. The van der Waals surface area contributed by atoms with Gasteiger partial charge in [0, 0.05) is 25.7 Å². The van der Waals surface area contributed by atoms with Gasteiger partial charge in [0.05, 0.1) is 17.1 Å². The number of amides is 2. The average molecular weight is 374 g/mol. The highest BCUT2D eigenvalue weighted by atomic mass is 35.5. The van der Waals surface area contributed by atoms with Crippen LogP contribution in [0.1, 0.15) is 12.0 Å².